The molecule has 2 unspecified atom stereocenters. The van der Waals surface area contributed by atoms with E-state index in [0.29, 0.717) is 17.8 Å². The minimum Gasteiger partial charge on any atom is -0.381 e. The molecule has 5 heterocycles. The second kappa shape index (κ2) is 7.00. The fourth-order valence-electron chi connectivity index (χ4n) is 4.51. The fraction of sp³-hybridized carbons (Fsp3) is 0.650. The van der Waals surface area contributed by atoms with Crippen molar-refractivity contribution in [2.24, 2.45) is 11.7 Å². The van der Waals surface area contributed by atoms with Crippen molar-refractivity contribution < 1.29 is 18.9 Å². The molecule has 6 atom stereocenters. The van der Waals surface area contributed by atoms with Crippen LogP contribution in [0.15, 0.2) is 12.7 Å². The Labute approximate surface area is 168 Å². The Morgan fingerprint density at radius 1 is 1.28 bits per heavy atom. The molecule has 2 aromatic rings. The molecule has 3 aliphatic heterocycles. The van der Waals surface area contributed by atoms with Gasteiger partial charge >= 0.3 is 0 Å². The smallest absolute Gasteiger partial charge is 0.167 e. The van der Waals surface area contributed by atoms with E-state index in [4.69, 9.17) is 31.1 Å². The lowest BCUT2D eigenvalue weighted by Gasteiger charge is -2.27. The van der Waals surface area contributed by atoms with Crippen molar-refractivity contribution in [3.05, 3.63) is 18.3 Å². The zero-order chi connectivity index (χ0) is 20.2. The van der Waals surface area contributed by atoms with E-state index in [9.17, 15) is 0 Å². The van der Waals surface area contributed by atoms with Crippen LogP contribution in [-0.4, -0.2) is 56.8 Å². The lowest BCUT2D eigenvalue weighted by atomic mass is 9.92. The maximum absolute atomic E-state index is 6.54. The van der Waals surface area contributed by atoms with Crippen molar-refractivity contribution in [3.63, 3.8) is 0 Å². The third kappa shape index (κ3) is 3.12. The Kier molecular flexibility index (Phi) is 4.57. The largest absolute Gasteiger partial charge is 0.381 e. The van der Waals surface area contributed by atoms with Crippen molar-refractivity contribution in [1.82, 2.24) is 19.5 Å². The number of hydrogen-bond acceptors (Lipinski definition) is 8. The van der Waals surface area contributed by atoms with Gasteiger partial charge in [0.05, 0.1) is 24.7 Å². The van der Waals surface area contributed by atoms with Gasteiger partial charge in [-0.05, 0) is 26.7 Å². The summed E-state index contributed by atoms with van der Waals surface area (Å²) in [5.74, 6) is 2.13. The number of imidazole rings is 1. The highest BCUT2D eigenvalue weighted by Gasteiger charge is 2.55. The molecular weight excluding hydrogens is 374 g/mol. The highest BCUT2D eigenvalue weighted by atomic mass is 16.8. The predicted octanol–water partition coefficient (Wildman–Crippen LogP) is 1.30. The molecular formula is C20H25N5O4. The number of hydrogen-bond donors (Lipinski definition) is 1. The summed E-state index contributed by atoms with van der Waals surface area (Å²) in [6.45, 7) is 5.15. The Hall–Kier alpha value is -2.09. The first-order valence-corrected chi connectivity index (χ1v) is 9.96. The van der Waals surface area contributed by atoms with E-state index in [-0.39, 0.29) is 24.2 Å². The highest BCUT2D eigenvalue weighted by Crippen LogP contribution is 2.43. The van der Waals surface area contributed by atoms with Crippen LogP contribution < -0.4 is 5.73 Å². The van der Waals surface area contributed by atoms with E-state index in [1.165, 1.54) is 6.33 Å². The minimum atomic E-state index is -0.730. The van der Waals surface area contributed by atoms with Gasteiger partial charge in [-0.3, -0.25) is 4.57 Å². The summed E-state index contributed by atoms with van der Waals surface area (Å²) in [6, 6.07) is -0.273. The zero-order valence-corrected chi connectivity index (χ0v) is 16.5. The first-order valence-electron chi connectivity index (χ1n) is 9.96. The van der Waals surface area contributed by atoms with Crippen LogP contribution in [-0.2, 0) is 18.9 Å². The summed E-state index contributed by atoms with van der Waals surface area (Å²) in [6.07, 6.45) is 9.16. The quantitative estimate of drug-likeness (QED) is 0.770. The SMILES string of the molecule is C#C[C@H]1O[C@@H](n2cnc3c(C(N)C4CCCOC4)ncnc32)[C@H]2OC(C)(C)O[C@@H]21. The van der Waals surface area contributed by atoms with Gasteiger partial charge in [-0.1, -0.05) is 5.92 Å². The van der Waals surface area contributed by atoms with Crippen LogP contribution in [0.1, 0.15) is 44.7 Å². The number of aromatic nitrogens is 4. The van der Waals surface area contributed by atoms with Gasteiger partial charge in [0.2, 0.25) is 0 Å². The summed E-state index contributed by atoms with van der Waals surface area (Å²) in [5, 5.41) is 0. The number of nitrogens with two attached hydrogens (primary N) is 1. The Morgan fingerprint density at radius 3 is 2.86 bits per heavy atom. The molecule has 0 aromatic carbocycles. The van der Waals surface area contributed by atoms with Gasteiger partial charge in [-0.15, -0.1) is 6.42 Å². The molecule has 2 N–H and O–H groups in total. The van der Waals surface area contributed by atoms with Crippen molar-refractivity contribution in [1.29, 1.82) is 0 Å². The topological polar surface area (TPSA) is 107 Å². The number of fused-ring (bicyclic) bond motifs is 2. The lowest BCUT2D eigenvalue weighted by molar-refractivity contribution is -0.190. The summed E-state index contributed by atoms with van der Waals surface area (Å²) < 4.78 is 25.6. The fourth-order valence-corrected chi connectivity index (χ4v) is 4.51. The van der Waals surface area contributed by atoms with Gasteiger partial charge in [-0.25, -0.2) is 15.0 Å². The number of nitrogens with zero attached hydrogens (tertiary/aromatic N) is 4. The molecule has 0 spiro atoms. The van der Waals surface area contributed by atoms with Crippen LogP contribution in [0.2, 0.25) is 0 Å². The summed E-state index contributed by atoms with van der Waals surface area (Å²) >= 11 is 0. The normalized spacial score (nSPS) is 34.8. The van der Waals surface area contributed by atoms with Crippen molar-refractivity contribution in [3.8, 4) is 12.3 Å². The monoisotopic (exact) mass is 399 g/mol. The number of ether oxygens (including phenoxy) is 4. The molecule has 0 saturated carbocycles. The van der Waals surface area contributed by atoms with Crippen LogP contribution >= 0.6 is 0 Å². The van der Waals surface area contributed by atoms with Crippen molar-refractivity contribution in [2.75, 3.05) is 13.2 Å². The van der Waals surface area contributed by atoms with E-state index in [2.05, 4.69) is 20.9 Å². The van der Waals surface area contributed by atoms with E-state index in [1.54, 1.807) is 6.33 Å². The van der Waals surface area contributed by atoms with E-state index >= 15 is 0 Å². The van der Waals surface area contributed by atoms with Gasteiger partial charge in [0.1, 0.15) is 30.2 Å². The van der Waals surface area contributed by atoms with E-state index < -0.39 is 18.1 Å². The predicted molar refractivity (Wildman–Crippen MR) is 102 cm³/mol. The summed E-state index contributed by atoms with van der Waals surface area (Å²) in [7, 11) is 0. The first-order chi connectivity index (χ1) is 14.0. The molecule has 5 rings (SSSR count). The van der Waals surface area contributed by atoms with Gasteiger partial charge in [0.25, 0.3) is 0 Å². The molecule has 0 amide bonds. The van der Waals surface area contributed by atoms with Gasteiger partial charge in [0, 0.05) is 12.5 Å². The zero-order valence-electron chi connectivity index (χ0n) is 16.5. The molecule has 0 bridgehead atoms. The second-order valence-electron chi connectivity index (χ2n) is 8.26. The summed E-state index contributed by atoms with van der Waals surface area (Å²) in [4.78, 5) is 13.5. The van der Waals surface area contributed by atoms with Crippen LogP contribution in [0, 0.1) is 18.3 Å². The Morgan fingerprint density at radius 2 is 2.10 bits per heavy atom. The van der Waals surface area contributed by atoms with Gasteiger partial charge in [0.15, 0.2) is 17.7 Å². The Bertz CT molecular complexity index is 948. The van der Waals surface area contributed by atoms with Crippen LogP contribution in [0.3, 0.4) is 0 Å². The van der Waals surface area contributed by atoms with Crippen molar-refractivity contribution in [2.45, 2.75) is 63.1 Å². The average molecular weight is 399 g/mol. The van der Waals surface area contributed by atoms with Gasteiger partial charge < -0.3 is 24.7 Å². The van der Waals surface area contributed by atoms with E-state index in [1.807, 2.05) is 18.4 Å². The molecule has 154 valence electrons. The molecule has 0 aliphatic carbocycles. The van der Waals surface area contributed by atoms with Gasteiger partial charge in [-0.2, -0.15) is 0 Å². The van der Waals surface area contributed by atoms with Crippen LogP contribution in [0.5, 0.6) is 0 Å². The number of rotatable bonds is 3. The van der Waals surface area contributed by atoms with Crippen LogP contribution in [0.4, 0.5) is 0 Å². The molecule has 9 nitrogen and oxygen atoms in total. The molecule has 9 heteroatoms. The third-order valence-electron chi connectivity index (χ3n) is 5.87. The van der Waals surface area contributed by atoms with Crippen LogP contribution in [0.25, 0.3) is 11.2 Å². The third-order valence-corrected chi connectivity index (χ3v) is 5.87. The Balaban J connectivity index is 1.50. The molecule has 3 fully saturated rings. The van der Waals surface area contributed by atoms with E-state index in [0.717, 1.165) is 25.1 Å². The maximum Gasteiger partial charge on any atom is 0.167 e. The molecule has 29 heavy (non-hydrogen) atoms. The standard InChI is InChI=1S/C20H25N5O4/c1-4-12-16-17(29-20(2,3)28-16)19(27-12)25-10-24-15-14(22-9-23-18(15)25)13(21)11-6-5-7-26-8-11/h1,9-13,16-17,19H,5-8,21H2,2-3H3/t11?,12-,13?,16-,17+,19-/m1/s1. The van der Waals surface area contributed by atoms with Crippen molar-refractivity contribution >= 4 is 11.2 Å². The lowest BCUT2D eigenvalue weighted by Crippen LogP contribution is -2.30. The molecule has 0 radical (unpaired) electrons. The molecule has 3 saturated heterocycles. The number of terminal acetylenes is 1. The molecule has 3 aliphatic rings. The average Bonchev–Trinajstić information content (AvgIpc) is 3.38. The first kappa shape index (κ1) is 18.9. The maximum atomic E-state index is 6.54. The molecule has 2 aromatic heterocycles. The summed E-state index contributed by atoms with van der Waals surface area (Å²) in [5.41, 5.74) is 8.56. The highest BCUT2D eigenvalue weighted by molar-refractivity contribution is 5.73. The minimum absolute atomic E-state index is 0.206. The second-order valence-corrected chi connectivity index (χ2v) is 8.26.